The molecule has 0 aliphatic heterocycles. The van der Waals surface area contributed by atoms with Crippen LogP contribution in [0.3, 0.4) is 0 Å². The number of amides is 1. The molecule has 0 heterocycles. The van der Waals surface area contributed by atoms with E-state index in [1.807, 2.05) is 27.7 Å². The van der Waals surface area contributed by atoms with Crippen LogP contribution in [0.4, 0.5) is 0 Å². The van der Waals surface area contributed by atoms with Crippen molar-refractivity contribution < 1.29 is 4.79 Å². The first kappa shape index (κ1) is 13.7. The van der Waals surface area contributed by atoms with Gasteiger partial charge in [-0.3, -0.25) is 10.2 Å². The van der Waals surface area contributed by atoms with Gasteiger partial charge in [-0.2, -0.15) is 11.8 Å². The standard InChI is InChI=1S/C9H21N3OS/c1-8(2,7(13)12-11)5-14-6-9(3,4)10/h5-6,10-11H2,1-4H3,(H,12,13). The van der Waals surface area contributed by atoms with Gasteiger partial charge in [-0.1, -0.05) is 13.8 Å². The lowest BCUT2D eigenvalue weighted by molar-refractivity contribution is -0.128. The largest absolute Gasteiger partial charge is 0.325 e. The topological polar surface area (TPSA) is 81.1 Å². The van der Waals surface area contributed by atoms with Gasteiger partial charge in [0.2, 0.25) is 5.91 Å². The van der Waals surface area contributed by atoms with Crippen molar-refractivity contribution in [2.24, 2.45) is 17.0 Å². The first-order valence-corrected chi connectivity index (χ1v) is 5.72. The number of nitrogens with one attached hydrogen (secondary N) is 1. The number of carbonyl (C=O) groups is 1. The molecule has 0 bridgehead atoms. The van der Waals surface area contributed by atoms with E-state index in [1.165, 1.54) is 0 Å². The van der Waals surface area contributed by atoms with E-state index in [4.69, 9.17) is 11.6 Å². The molecule has 0 aliphatic rings. The van der Waals surface area contributed by atoms with Gasteiger partial charge >= 0.3 is 0 Å². The zero-order valence-electron chi connectivity index (χ0n) is 9.39. The highest BCUT2D eigenvalue weighted by molar-refractivity contribution is 7.99. The van der Waals surface area contributed by atoms with Crippen molar-refractivity contribution in [3.05, 3.63) is 0 Å². The van der Waals surface area contributed by atoms with E-state index < -0.39 is 5.41 Å². The molecule has 1 amide bonds. The highest BCUT2D eigenvalue weighted by Gasteiger charge is 2.27. The van der Waals surface area contributed by atoms with Crippen LogP contribution in [0.1, 0.15) is 27.7 Å². The maximum atomic E-state index is 11.3. The second-order valence-corrected chi connectivity index (χ2v) is 5.82. The molecule has 0 aromatic rings. The van der Waals surface area contributed by atoms with Crippen molar-refractivity contribution in [3.63, 3.8) is 0 Å². The third kappa shape index (κ3) is 5.47. The first-order chi connectivity index (χ1) is 6.19. The molecule has 0 unspecified atom stereocenters. The summed E-state index contributed by atoms with van der Waals surface area (Å²) in [5.74, 6) is 6.49. The van der Waals surface area contributed by atoms with Crippen molar-refractivity contribution in [2.75, 3.05) is 11.5 Å². The Morgan fingerprint density at radius 1 is 1.29 bits per heavy atom. The highest BCUT2D eigenvalue weighted by atomic mass is 32.2. The van der Waals surface area contributed by atoms with E-state index >= 15 is 0 Å². The molecule has 0 aromatic heterocycles. The maximum absolute atomic E-state index is 11.3. The first-order valence-electron chi connectivity index (χ1n) is 4.57. The van der Waals surface area contributed by atoms with Gasteiger partial charge in [0.1, 0.15) is 0 Å². The Morgan fingerprint density at radius 3 is 2.14 bits per heavy atom. The fourth-order valence-electron chi connectivity index (χ4n) is 0.830. The molecule has 84 valence electrons. The Kier molecular flexibility index (Phi) is 4.91. The van der Waals surface area contributed by atoms with E-state index in [0.717, 1.165) is 11.5 Å². The number of rotatable bonds is 5. The summed E-state index contributed by atoms with van der Waals surface area (Å²) < 4.78 is 0. The summed E-state index contributed by atoms with van der Waals surface area (Å²) in [6, 6.07) is 0. The Labute approximate surface area is 90.1 Å². The van der Waals surface area contributed by atoms with Gasteiger partial charge in [0.15, 0.2) is 0 Å². The van der Waals surface area contributed by atoms with Gasteiger partial charge in [-0.05, 0) is 13.8 Å². The van der Waals surface area contributed by atoms with Gasteiger partial charge in [0.05, 0.1) is 5.41 Å². The monoisotopic (exact) mass is 219 g/mol. The molecule has 0 fully saturated rings. The summed E-state index contributed by atoms with van der Waals surface area (Å²) in [5.41, 5.74) is 7.36. The number of hydrogen-bond donors (Lipinski definition) is 3. The molecule has 0 atom stereocenters. The van der Waals surface area contributed by atoms with Gasteiger partial charge < -0.3 is 5.73 Å². The predicted molar refractivity (Wildman–Crippen MR) is 61.7 cm³/mol. The quantitative estimate of drug-likeness (QED) is 0.357. The van der Waals surface area contributed by atoms with E-state index in [1.54, 1.807) is 11.8 Å². The fourth-order valence-corrected chi connectivity index (χ4v) is 2.10. The van der Waals surface area contributed by atoms with Crippen molar-refractivity contribution in [1.82, 2.24) is 5.43 Å². The fraction of sp³-hybridized carbons (Fsp3) is 0.889. The van der Waals surface area contributed by atoms with Crippen LogP contribution in [0.25, 0.3) is 0 Å². The van der Waals surface area contributed by atoms with Gasteiger partial charge in [0.25, 0.3) is 0 Å². The van der Waals surface area contributed by atoms with E-state index in [-0.39, 0.29) is 11.4 Å². The smallest absolute Gasteiger partial charge is 0.240 e. The minimum atomic E-state index is -0.440. The summed E-state index contributed by atoms with van der Waals surface area (Å²) in [4.78, 5) is 11.3. The van der Waals surface area contributed by atoms with E-state index in [9.17, 15) is 4.79 Å². The van der Waals surface area contributed by atoms with E-state index in [0.29, 0.717) is 0 Å². The molecule has 0 aliphatic carbocycles. The second kappa shape index (κ2) is 5.00. The van der Waals surface area contributed by atoms with Gasteiger partial charge in [-0.15, -0.1) is 0 Å². The van der Waals surface area contributed by atoms with Crippen LogP contribution in [0.2, 0.25) is 0 Å². The van der Waals surface area contributed by atoms with Crippen LogP contribution in [-0.4, -0.2) is 23.0 Å². The minimum absolute atomic E-state index is 0.139. The molecular formula is C9H21N3OS. The Hall–Kier alpha value is -0.260. The zero-order valence-corrected chi connectivity index (χ0v) is 10.2. The summed E-state index contributed by atoms with van der Waals surface area (Å²) in [7, 11) is 0. The Balaban J connectivity index is 3.94. The lowest BCUT2D eigenvalue weighted by Gasteiger charge is -2.24. The maximum Gasteiger partial charge on any atom is 0.240 e. The molecule has 5 heteroatoms. The average molecular weight is 219 g/mol. The number of hydrazine groups is 1. The lowest BCUT2D eigenvalue weighted by Crippen LogP contribution is -2.43. The van der Waals surface area contributed by atoms with Crippen molar-refractivity contribution >= 4 is 17.7 Å². The second-order valence-electron chi connectivity index (χ2n) is 4.84. The van der Waals surface area contributed by atoms with Gasteiger partial charge in [-0.25, -0.2) is 5.84 Å². The Morgan fingerprint density at radius 2 is 1.79 bits per heavy atom. The van der Waals surface area contributed by atoms with Crippen LogP contribution < -0.4 is 17.0 Å². The van der Waals surface area contributed by atoms with Crippen LogP contribution in [0, 0.1) is 5.41 Å². The van der Waals surface area contributed by atoms with Gasteiger partial charge in [0, 0.05) is 17.0 Å². The summed E-state index contributed by atoms with van der Waals surface area (Å²) in [6.45, 7) is 7.67. The molecule has 5 N–H and O–H groups in total. The van der Waals surface area contributed by atoms with Crippen LogP contribution in [0.5, 0.6) is 0 Å². The molecule has 0 saturated carbocycles. The molecule has 0 spiro atoms. The molecule has 14 heavy (non-hydrogen) atoms. The Bertz CT molecular complexity index is 199. The molecule has 0 radical (unpaired) electrons. The number of nitrogens with two attached hydrogens (primary N) is 2. The molecule has 0 rings (SSSR count). The normalized spacial score (nSPS) is 12.7. The third-order valence-electron chi connectivity index (χ3n) is 1.68. The van der Waals surface area contributed by atoms with Crippen molar-refractivity contribution in [1.29, 1.82) is 0 Å². The zero-order chi connectivity index (χ0) is 11.4. The lowest BCUT2D eigenvalue weighted by atomic mass is 9.96. The summed E-state index contributed by atoms with van der Waals surface area (Å²) in [6.07, 6.45) is 0. The van der Waals surface area contributed by atoms with Crippen molar-refractivity contribution in [3.8, 4) is 0 Å². The minimum Gasteiger partial charge on any atom is -0.325 e. The summed E-state index contributed by atoms with van der Waals surface area (Å²) >= 11 is 1.67. The number of carbonyl (C=O) groups excluding carboxylic acids is 1. The highest BCUT2D eigenvalue weighted by Crippen LogP contribution is 2.23. The van der Waals surface area contributed by atoms with E-state index in [2.05, 4.69) is 5.43 Å². The van der Waals surface area contributed by atoms with Crippen LogP contribution in [-0.2, 0) is 4.79 Å². The van der Waals surface area contributed by atoms with Crippen molar-refractivity contribution in [2.45, 2.75) is 33.2 Å². The third-order valence-corrected chi connectivity index (χ3v) is 3.56. The average Bonchev–Trinajstić information content (AvgIpc) is 2.00. The molecule has 0 saturated heterocycles. The SMILES string of the molecule is CC(C)(N)CSCC(C)(C)C(=O)NN. The summed E-state index contributed by atoms with van der Waals surface area (Å²) in [5, 5.41) is 0. The molecular weight excluding hydrogens is 198 g/mol. The molecule has 0 aromatic carbocycles. The number of thioether (sulfide) groups is 1. The van der Waals surface area contributed by atoms with Crippen LogP contribution in [0.15, 0.2) is 0 Å². The van der Waals surface area contributed by atoms with Crippen LogP contribution >= 0.6 is 11.8 Å². The number of hydrogen-bond acceptors (Lipinski definition) is 4. The predicted octanol–water partition coefficient (Wildman–Crippen LogP) is 0.473. The molecule has 4 nitrogen and oxygen atoms in total.